The van der Waals surface area contributed by atoms with Crippen LogP contribution in [0, 0.1) is 3.57 Å². The summed E-state index contributed by atoms with van der Waals surface area (Å²) in [5.74, 6) is -0.368. The summed E-state index contributed by atoms with van der Waals surface area (Å²) in [4.78, 5) is 12.1. The molecule has 2 aromatic rings. The van der Waals surface area contributed by atoms with Crippen LogP contribution in [0.1, 0.15) is 10.4 Å². The van der Waals surface area contributed by atoms with Crippen LogP contribution in [0.4, 0.5) is 5.69 Å². The highest BCUT2D eigenvalue weighted by atomic mass is 127. The topological polar surface area (TPSA) is 49.3 Å². The number of hydrogen-bond donors (Lipinski definition) is 2. The molecule has 0 fully saturated rings. The number of phenolic OH excluding ortho intramolecular Hbond substituents is 1. The maximum atomic E-state index is 12.1. The SMILES string of the molecule is O=C(Nc1ccc(I)c(Br)c1)c1cc(O)ccc1Cl. The summed E-state index contributed by atoms with van der Waals surface area (Å²) in [5, 5.41) is 12.4. The smallest absolute Gasteiger partial charge is 0.257 e. The molecule has 0 saturated carbocycles. The molecular weight excluding hydrogens is 444 g/mol. The average Bonchev–Trinajstić information content (AvgIpc) is 2.36. The molecule has 0 heterocycles. The van der Waals surface area contributed by atoms with Gasteiger partial charge in [0, 0.05) is 13.7 Å². The minimum atomic E-state index is -0.367. The van der Waals surface area contributed by atoms with Crippen LogP contribution in [0.25, 0.3) is 0 Å². The van der Waals surface area contributed by atoms with Crippen molar-refractivity contribution in [2.75, 3.05) is 5.32 Å². The van der Waals surface area contributed by atoms with Gasteiger partial charge in [0.1, 0.15) is 5.75 Å². The Morgan fingerprint density at radius 1 is 1.26 bits per heavy atom. The monoisotopic (exact) mass is 451 g/mol. The molecule has 2 N–H and O–H groups in total. The van der Waals surface area contributed by atoms with E-state index in [2.05, 4.69) is 43.8 Å². The van der Waals surface area contributed by atoms with E-state index in [4.69, 9.17) is 11.6 Å². The largest absolute Gasteiger partial charge is 0.508 e. The lowest BCUT2D eigenvalue weighted by Gasteiger charge is -2.08. The number of rotatable bonds is 2. The van der Waals surface area contributed by atoms with Gasteiger partial charge in [0.2, 0.25) is 0 Å². The van der Waals surface area contributed by atoms with Crippen molar-refractivity contribution in [2.45, 2.75) is 0 Å². The lowest BCUT2D eigenvalue weighted by atomic mass is 10.2. The van der Waals surface area contributed by atoms with Crippen LogP contribution < -0.4 is 5.32 Å². The van der Waals surface area contributed by atoms with E-state index < -0.39 is 0 Å². The van der Waals surface area contributed by atoms with Gasteiger partial charge < -0.3 is 10.4 Å². The Kier molecular flexibility index (Phi) is 4.70. The van der Waals surface area contributed by atoms with Crippen LogP contribution in [0.15, 0.2) is 40.9 Å². The number of hydrogen-bond acceptors (Lipinski definition) is 2. The van der Waals surface area contributed by atoms with E-state index in [1.807, 2.05) is 6.07 Å². The average molecular weight is 452 g/mol. The van der Waals surface area contributed by atoms with Gasteiger partial charge in [0.05, 0.1) is 10.6 Å². The molecule has 0 bridgehead atoms. The Labute approximate surface area is 137 Å². The zero-order chi connectivity index (χ0) is 14.0. The first kappa shape index (κ1) is 14.6. The van der Waals surface area contributed by atoms with Crippen molar-refractivity contribution in [3.63, 3.8) is 0 Å². The van der Waals surface area contributed by atoms with E-state index >= 15 is 0 Å². The molecule has 0 atom stereocenters. The van der Waals surface area contributed by atoms with Crippen molar-refractivity contribution in [3.05, 3.63) is 55.0 Å². The maximum absolute atomic E-state index is 12.1. The van der Waals surface area contributed by atoms with Gasteiger partial charge >= 0.3 is 0 Å². The summed E-state index contributed by atoms with van der Waals surface area (Å²) in [5.41, 5.74) is 0.882. The summed E-state index contributed by atoms with van der Waals surface area (Å²) in [6.07, 6.45) is 0. The van der Waals surface area contributed by atoms with E-state index in [1.165, 1.54) is 18.2 Å². The fourth-order valence-electron chi connectivity index (χ4n) is 1.46. The molecular formula is C13H8BrClINO2. The second-order valence-electron chi connectivity index (χ2n) is 3.75. The molecule has 0 unspecified atom stereocenters. The lowest BCUT2D eigenvalue weighted by Crippen LogP contribution is -2.12. The third-order valence-electron chi connectivity index (χ3n) is 2.37. The first-order chi connectivity index (χ1) is 8.97. The normalized spacial score (nSPS) is 10.3. The van der Waals surface area contributed by atoms with Gasteiger partial charge in [-0.25, -0.2) is 0 Å². The molecule has 0 spiro atoms. The highest BCUT2D eigenvalue weighted by Crippen LogP contribution is 2.25. The minimum absolute atomic E-state index is 0.00154. The van der Waals surface area contributed by atoms with E-state index in [9.17, 15) is 9.90 Å². The molecule has 0 saturated heterocycles. The van der Waals surface area contributed by atoms with Gasteiger partial charge in [0.15, 0.2) is 0 Å². The fourth-order valence-corrected chi connectivity index (χ4v) is 2.38. The Balaban J connectivity index is 2.25. The van der Waals surface area contributed by atoms with Crippen molar-refractivity contribution < 1.29 is 9.90 Å². The van der Waals surface area contributed by atoms with Gasteiger partial charge in [-0.3, -0.25) is 4.79 Å². The molecule has 3 nitrogen and oxygen atoms in total. The highest BCUT2D eigenvalue weighted by Gasteiger charge is 2.12. The van der Waals surface area contributed by atoms with Gasteiger partial charge in [0.25, 0.3) is 5.91 Å². The molecule has 0 aliphatic rings. The first-order valence-corrected chi connectivity index (χ1v) is 7.47. The van der Waals surface area contributed by atoms with Crippen LogP contribution in [-0.4, -0.2) is 11.0 Å². The predicted octanol–water partition coefficient (Wildman–Crippen LogP) is 4.67. The quantitative estimate of drug-likeness (QED) is 0.651. The Bertz CT molecular complexity index is 649. The lowest BCUT2D eigenvalue weighted by molar-refractivity contribution is 0.102. The zero-order valence-corrected chi connectivity index (χ0v) is 14.0. The van der Waals surface area contributed by atoms with Crippen LogP contribution >= 0.6 is 50.1 Å². The van der Waals surface area contributed by atoms with Crippen molar-refractivity contribution in [2.24, 2.45) is 0 Å². The number of aromatic hydroxyl groups is 1. The van der Waals surface area contributed by atoms with Gasteiger partial charge in [-0.05, 0) is 74.9 Å². The second-order valence-corrected chi connectivity index (χ2v) is 6.17. The molecule has 0 radical (unpaired) electrons. The van der Waals surface area contributed by atoms with E-state index in [0.717, 1.165) is 8.04 Å². The van der Waals surface area contributed by atoms with Crippen molar-refractivity contribution in [1.29, 1.82) is 0 Å². The van der Waals surface area contributed by atoms with Crippen molar-refractivity contribution in [1.82, 2.24) is 0 Å². The fraction of sp³-hybridized carbons (Fsp3) is 0. The predicted molar refractivity (Wildman–Crippen MR) is 87.9 cm³/mol. The van der Waals surface area contributed by atoms with Crippen LogP contribution in [0.2, 0.25) is 5.02 Å². The molecule has 2 aromatic carbocycles. The molecule has 1 amide bonds. The zero-order valence-electron chi connectivity index (χ0n) is 9.45. The number of nitrogens with one attached hydrogen (secondary N) is 1. The number of phenols is 1. The minimum Gasteiger partial charge on any atom is -0.508 e. The van der Waals surface area contributed by atoms with Crippen molar-refractivity contribution >= 4 is 61.7 Å². The molecule has 0 aliphatic heterocycles. The second kappa shape index (κ2) is 6.11. The molecule has 0 aromatic heterocycles. The number of amides is 1. The van der Waals surface area contributed by atoms with Crippen LogP contribution in [0.3, 0.4) is 0 Å². The molecule has 6 heteroatoms. The maximum Gasteiger partial charge on any atom is 0.257 e. The van der Waals surface area contributed by atoms with Crippen molar-refractivity contribution in [3.8, 4) is 5.75 Å². The number of halogens is 3. The third kappa shape index (κ3) is 3.61. The summed E-state index contributed by atoms with van der Waals surface area (Å²) in [7, 11) is 0. The summed E-state index contributed by atoms with van der Waals surface area (Å²) in [6, 6.07) is 9.72. The number of anilines is 1. The molecule has 0 aliphatic carbocycles. The van der Waals surface area contributed by atoms with Gasteiger partial charge in [-0.15, -0.1) is 0 Å². The molecule has 19 heavy (non-hydrogen) atoms. The Morgan fingerprint density at radius 2 is 2.00 bits per heavy atom. The molecule has 2 rings (SSSR count). The van der Waals surface area contributed by atoms with E-state index in [1.54, 1.807) is 12.1 Å². The molecule has 98 valence electrons. The van der Waals surface area contributed by atoms with Crippen LogP contribution in [-0.2, 0) is 0 Å². The van der Waals surface area contributed by atoms with Gasteiger partial charge in [-0.2, -0.15) is 0 Å². The van der Waals surface area contributed by atoms with E-state index in [0.29, 0.717) is 10.7 Å². The highest BCUT2D eigenvalue weighted by molar-refractivity contribution is 14.1. The van der Waals surface area contributed by atoms with E-state index in [-0.39, 0.29) is 17.2 Å². The summed E-state index contributed by atoms with van der Waals surface area (Å²) >= 11 is 11.5. The first-order valence-electron chi connectivity index (χ1n) is 5.22. The third-order valence-corrected chi connectivity index (χ3v) is 5.04. The Hall–Kier alpha value is -0.790. The number of benzene rings is 2. The van der Waals surface area contributed by atoms with Crippen LogP contribution in [0.5, 0.6) is 5.75 Å². The summed E-state index contributed by atoms with van der Waals surface area (Å²) in [6.45, 7) is 0. The summed E-state index contributed by atoms with van der Waals surface area (Å²) < 4.78 is 1.94. The Morgan fingerprint density at radius 3 is 2.68 bits per heavy atom. The number of carbonyl (C=O) groups excluding carboxylic acids is 1. The number of carbonyl (C=O) groups is 1. The standard InChI is InChI=1S/C13H8BrClINO2/c14-10-5-7(1-4-12(10)16)17-13(19)9-6-8(18)2-3-11(9)15/h1-6,18H,(H,17,19). The van der Waals surface area contributed by atoms with Gasteiger partial charge in [-0.1, -0.05) is 11.6 Å².